The second-order valence-electron chi connectivity index (χ2n) is 7.22. The summed E-state index contributed by atoms with van der Waals surface area (Å²) in [5, 5.41) is 2.99. The normalized spacial score (nSPS) is 15.6. The van der Waals surface area contributed by atoms with Crippen molar-refractivity contribution in [2.45, 2.75) is 32.0 Å². The maximum atomic E-state index is 13.5. The molecule has 3 aromatic rings. The molecule has 0 radical (unpaired) electrons. The summed E-state index contributed by atoms with van der Waals surface area (Å²) < 4.78 is 5.48. The molecule has 4 rings (SSSR count). The SMILES string of the molecule is O=C(C1CCCN1C(=O)OCc1ccccc1)N(Cc1ccccc1Cl)c1nccs1. The summed E-state index contributed by atoms with van der Waals surface area (Å²) in [6, 6.07) is 16.3. The topological polar surface area (TPSA) is 62.7 Å². The Morgan fingerprint density at radius 1 is 1.16 bits per heavy atom. The Morgan fingerprint density at radius 2 is 1.94 bits per heavy atom. The molecule has 0 aliphatic carbocycles. The fraction of sp³-hybridized carbons (Fsp3) is 0.261. The van der Waals surface area contributed by atoms with Crippen LogP contribution in [0, 0.1) is 0 Å². The van der Waals surface area contributed by atoms with E-state index in [4.69, 9.17) is 16.3 Å². The van der Waals surface area contributed by atoms with Crippen LogP contribution in [0.25, 0.3) is 0 Å². The van der Waals surface area contributed by atoms with Crippen molar-refractivity contribution in [3.05, 3.63) is 82.3 Å². The number of anilines is 1. The minimum atomic E-state index is -0.588. The van der Waals surface area contributed by atoms with Crippen molar-refractivity contribution in [1.82, 2.24) is 9.88 Å². The number of thiazole rings is 1. The van der Waals surface area contributed by atoms with Gasteiger partial charge in [-0.1, -0.05) is 60.1 Å². The van der Waals surface area contributed by atoms with Gasteiger partial charge in [0.25, 0.3) is 5.91 Å². The van der Waals surface area contributed by atoms with Gasteiger partial charge in [-0.3, -0.25) is 14.6 Å². The molecule has 0 N–H and O–H groups in total. The van der Waals surface area contributed by atoms with Gasteiger partial charge in [-0.15, -0.1) is 11.3 Å². The van der Waals surface area contributed by atoms with Crippen molar-refractivity contribution in [2.24, 2.45) is 0 Å². The molecule has 1 unspecified atom stereocenters. The van der Waals surface area contributed by atoms with Gasteiger partial charge in [-0.25, -0.2) is 9.78 Å². The number of hydrogen-bond donors (Lipinski definition) is 0. The molecule has 1 aromatic heterocycles. The zero-order valence-corrected chi connectivity index (χ0v) is 18.4. The lowest BCUT2D eigenvalue weighted by Gasteiger charge is -2.28. The maximum Gasteiger partial charge on any atom is 0.410 e. The number of carbonyl (C=O) groups excluding carboxylic acids is 2. The summed E-state index contributed by atoms with van der Waals surface area (Å²) in [7, 11) is 0. The first-order valence-corrected chi connectivity index (χ1v) is 11.3. The number of nitrogens with zero attached hydrogens (tertiary/aromatic N) is 3. The Labute approximate surface area is 190 Å². The van der Waals surface area contributed by atoms with Crippen molar-refractivity contribution >= 4 is 40.1 Å². The molecule has 1 atom stereocenters. The predicted molar refractivity (Wildman–Crippen MR) is 121 cm³/mol. The van der Waals surface area contributed by atoms with Crippen LogP contribution >= 0.6 is 22.9 Å². The van der Waals surface area contributed by atoms with E-state index in [0.717, 1.165) is 17.5 Å². The number of halogens is 1. The van der Waals surface area contributed by atoms with E-state index in [2.05, 4.69) is 4.98 Å². The molecule has 2 aromatic carbocycles. The molecule has 1 aliphatic heterocycles. The molecule has 160 valence electrons. The number of rotatable bonds is 6. The summed E-state index contributed by atoms with van der Waals surface area (Å²) in [6.45, 7) is 0.949. The van der Waals surface area contributed by atoms with Gasteiger partial charge in [-0.2, -0.15) is 0 Å². The molecule has 31 heavy (non-hydrogen) atoms. The standard InChI is InChI=1S/C23H22ClN3O3S/c24-19-10-5-4-9-18(19)15-27(22-25-12-14-31-22)21(28)20-11-6-13-26(20)23(29)30-16-17-7-2-1-3-8-17/h1-5,7-10,12,14,20H,6,11,13,15-16H2. The van der Waals surface area contributed by atoms with Gasteiger partial charge in [-0.05, 0) is 30.0 Å². The van der Waals surface area contributed by atoms with Crippen LogP contribution in [-0.4, -0.2) is 34.5 Å². The third-order valence-corrected chi connectivity index (χ3v) is 6.34. The van der Waals surface area contributed by atoms with E-state index in [1.165, 1.54) is 16.2 Å². The molecule has 1 fully saturated rings. The fourth-order valence-electron chi connectivity index (χ4n) is 3.61. The highest BCUT2D eigenvalue weighted by Gasteiger charge is 2.38. The number of ether oxygens (including phenoxy) is 1. The summed E-state index contributed by atoms with van der Waals surface area (Å²) in [4.78, 5) is 33.8. The van der Waals surface area contributed by atoms with Crippen molar-refractivity contribution in [1.29, 1.82) is 0 Å². The number of carbonyl (C=O) groups is 2. The van der Waals surface area contributed by atoms with Crippen LogP contribution in [-0.2, 0) is 22.7 Å². The lowest BCUT2D eigenvalue weighted by atomic mass is 10.1. The Kier molecular flexibility index (Phi) is 6.84. The van der Waals surface area contributed by atoms with Gasteiger partial charge < -0.3 is 4.74 Å². The third-order valence-electron chi connectivity index (χ3n) is 5.18. The van der Waals surface area contributed by atoms with Gasteiger partial charge in [0.1, 0.15) is 12.6 Å². The summed E-state index contributed by atoms with van der Waals surface area (Å²) in [6.07, 6.45) is 2.52. The van der Waals surface area contributed by atoms with Gasteiger partial charge in [0.2, 0.25) is 0 Å². The summed E-state index contributed by atoms with van der Waals surface area (Å²) in [5.74, 6) is -0.177. The highest BCUT2D eigenvalue weighted by Crippen LogP contribution is 2.28. The Hall–Kier alpha value is -2.90. The number of amides is 2. The molecule has 1 saturated heterocycles. The minimum Gasteiger partial charge on any atom is -0.445 e. The van der Waals surface area contributed by atoms with Gasteiger partial charge in [0, 0.05) is 23.1 Å². The number of likely N-dealkylation sites (tertiary alicyclic amines) is 1. The van der Waals surface area contributed by atoms with Crippen molar-refractivity contribution < 1.29 is 14.3 Å². The zero-order valence-electron chi connectivity index (χ0n) is 16.8. The molecule has 2 heterocycles. The van der Waals surface area contributed by atoms with Crippen molar-refractivity contribution in [3.63, 3.8) is 0 Å². The van der Waals surface area contributed by atoms with Crippen LogP contribution in [0.15, 0.2) is 66.2 Å². The minimum absolute atomic E-state index is 0.174. The predicted octanol–water partition coefficient (Wildman–Crippen LogP) is 5.13. The van der Waals surface area contributed by atoms with Gasteiger partial charge in [0.05, 0.1) is 6.54 Å². The van der Waals surface area contributed by atoms with Gasteiger partial charge >= 0.3 is 6.09 Å². The van der Waals surface area contributed by atoms with Crippen LogP contribution in [0.3, 0.4) is 0 Å². The molecule has 2 amide bonds. The molecule has 1 aliphatic rings. The van der Waals surface area contributed by atoms with Crippen molar-refractivity contribution in [2.75, 3.05) is 11.4 Å². The largest absolute Gasteiger partial charge is 0.445 e. The van der Waals surface area contributed by atoms with Crippen LogP contribution in [0.2, 0.25) is 5.02 Å². The smallest absolute Gasteiger partial charge is 0.410 e. The van der Waals surface area contributed by atoms with Crippen LogP contribution in [0.5, 0.6) is 0 Å². The quantitative estimate of drug-likeness (QED) is 0.516. The van der Waals surface area contributed by atoms with Gasteiger partial charge in [0.15, 0.2) is 5.13 Å². The average molecular weight is 456 g/mol. The number of benzene rings is 2. The molecular weight excluding hydrogens is 434 g/mol. The Bertz CT molecular complexity index is 1030. The summed E-state index contributed by atoms with van der Waals surface area (Å²) >= 11 is 7.71. The number of hydrogen-bond acceptors (Lipinski definition) is 5. The van der Waals surface area contributed by atoms with Crippen LogP contribution < -0.4 is 4.90 Å². The first kappa shape index (κ1) is 21.3. The van der Waals surface area contributed by atoms with E-state index in [-0.39, 0.29) is 19.1 Å². The first-order chi connectivity index (χ1) is 15.1. The second kappa shape index (κ2) is 9.94. The number of aromatic nitrogens is 1. The highest BCUT2D eigenvalue weighted by molar-refractivity contribution is 7.13. The monoisotopic (exact) mass is 455 g/mol. The van der Waals surface area contributed by atoms with E-state index in [1.807, 2.05) is 53.9 Å². The highest BCUT2D eigenvalue weighted by atomic mass is 35.5. The molecule has 6 nitrogen and oxygen atoms in total. The molecule has 0 spiro atoms. The van der Waals surface area contributed by atoms with Crippen molar-refractivity contribution in [3.8, 4) is 0 Å². The Balaban J connectivity index is 1.50. The lowest BCUT2D eigenvalue weighted by molar-refractivity contribution is -0.122. The van der Waals surface area contributed by atoms with Crippen LogP contribution in [0.4, 0.5) is 9.93 Å². The zero-order chi connectivity index (χ0) is 21.6. The lowest BCUT2D eigenvalue weighted by Crippen LogP contribution is -2.48. The van der Waals surface area contributed by atoms with E-state index >= 15 is 0 Å². The average Bonchev–Trinajstić information content (AvgIpc) is 3.49. The molecular formula is C23H22ClN3O3S. The third kappa shape index (κ3) is 5.06. The molecule has 0 bridgehead atoms. The first-order valence-electron chi connectivity index (χ1n) is 10.0. The van der Waals surface area contributed by atoms with E-state index in [9.17, 15) is 9.59 Å². The second-order valence-corrected chi connectivity index (χ2v) is 8.50. The molecule has 0 saturated carbocycles. The van der Waals surface area contributed by atoms with E-state index < -0.39 is 12.1 Å². The maximum absolute atomic E-state index is 13.5. The van der Waals surface area contributed by atoms with E-state index in [0.29, 0.717) is 23.1 Å². The van der Waals surface area contributed by atoms with Crippen LogP contribution in [0.1, 0.15) is 24.0 Å². The van der Waals surface area contributed by atoms with E-state index in [1.54, 1.807) is 17.2 Å². The fourth-order valence-corrected chi connectivity index (χ4v) is 4.45. The summed E-state index contributed by atoms with van der Waals surface area (Å²) in [5.41, 5.74) is 1.73. The Morgan fingerprint density at radius 3 is 2.68 bits per heavy atom. The molecule has 8 heteroatoms.